The molecule has 1 aliphatic rings. The van der Waals surface area contributed by atoms with Gasteiger partial charge in [-0.1, -0.05) is 0 Å². The summed E-state index contributed by atoms with van der Waals surface area (Å²) >= 11 is 0. The van der Waals surface area contributed by atoms with Gasteiger partial charge in [-0.15, -0.1) is 0 Å². The molecule has 4 atom stereocenters. The number of aliphatic hydroxyl groups is 3. The van der Waals surface area contributed by atoms with Gasteiger partial charge in [0.2, 0.25) is 0 Å². The Bertz CT molecular complexity index is 1070. The fraction of sp³-hybridized carbons (Fsp3) is 0.300. The highest BCUT2D eigenvalue weighted by Crippen LogP contribution is 2.37. The summed E-state index contributed by atoms with van der Waals surface area (Å²) in [7, 11) is 0. The summed E-state index contributed by atoms with van der Waals surface area (Å²) in [5.74, 6) is -7.31. The van der Waals surface area contributed by atoms with Gasteiger partial charge in [0.15, 0.2) is 46.4 Å². The third-order valence-corrected chi connectivity index (χ3v) is 5.02. The third kappa shape index (κ3) is 4.55. The first-order valence-electron chi connectivity index (χ1n) is 9.43. The van der Waals surface area contributed by atoms with E-state index in [1.807, 2.05) is 0 Å². The van der Waals surface area contributed by atoms with Crippen molar-refractivity contribution in [2.45, 2.75) is 24.1 Å². The molecule has 2 aromatic carbocycles. The Labute approximate surface area is 189 Å². The average Bonchev–Trinajstić information content (AvgIpc) is 3.00. The van der Waals surface area contributed by atoms with Crippen molar-refractivity contribution in [1.82, 2.24) is 0 Å². The standard InChI is InChI=1S/C20H20O14/c21-9-1-7(2-10(22)14(9)25)17(28)32-5-13-16(27)20(31,19(30)34-13)6-33-18(29)8-3-11(23)15(26)12(24)4-8/h1-4,13,16,19,21-27,30-31H,5-6H2/t13-,16-,19?,20-/m0/s1. The van der Waals surface area contributed by atoms with E-state index in [0.29, 0.717) is 0 Å². The van der Waals surface area contributed by atoms with E-state index in [2.05, 4.69) is 0 Å². The number of rotatable bonds is 6. The molecule has 1 heterocycles. The number of aliphatic hydroxyl groups excluding tert-OH is 2. The van der Waals surface area contributed by atoms with Crippen LogP contribution < -0.4 is 0 Å². The zero-order chi connectivity index (χ0) is 25.4. The molecule has 2 aromatic rings. The van der Waals surface area contributed by atoms with Crippen molar-refractivity contribution < 1.29 is 69.8 Å². The molecular formula is C20H20O14. The van der Waals surface area contributed by atoms with E-state index in [-0.39, 0.29) is 5.56 Å². The smallest absolute Gasteiger partial charge is 0.338 e. The first-order valence-corrected chi connectivity index (χ1v) is 9.43. The number of carbonyl (C=O) groups is 2. The van der Waals surface area contributed by atoms with Crippen LogP contribution in [-0.4, -0.2) is 95.2 Å². The molecule has 1 fully saturated rings. The maximum absolute atomic E-state index is 12.1. The van der Waals surface area contributed by atoms with Crippen LogP contribution in [0.2, 0.25) is 0 Å². The molecule has 9 N–H and O–H groups in total. The Hall–Kier alpha value is -3.98. The van der Waals surface area contributed by atoms with Gasteiger partial charge in [0.05, 0.1) is 11.1 Å². The molecule has 14 heteroatoms. The monoisotopic (exact) mass is 484 g/mol. The molecule has 0 radical (unpaired) electrons. The minimum absolute atomic E-state index is 0.370. The van der Waals surface area contributed by atoms with Crippen molar-refractivity contribution in [3.8, 4) is 34.5 Å². The van der Waals surface area contributed by atoms with E-state index in [0.717, 1.165) is 24.3 Å². The molecule has 0 saturated carbocycles. The van der Waals surface area contributed by atoms with Crippen LogP contribution in [0, 0.1) is 0 Å². The molecule has 3 rings (SSSR count). The first kappa shape index (κ1) is 24.7. The number of hydrogen-bond donors (Lipinski definition) is 9. The van der Waals surface area contributed by atoms with Crippen LogP contribution >= 0.6 is 0 Å². The summed E-state index contributed by atoms with van der Waals surface area (Å²) < 4.78 is 14.6. The molecular weight excluding hydrogens is 464 g/mol. The van der Waals surface area contributed by atoms with Crippen LogP contribution in [0.1, 0.15) is 20.7 Å². The van der Waals surface area contributed by atoms with Crippen LogP contribution in [0.15, 0.2) is 24.3 Å². The van der Waals surface area contributed by atoms with E-state index in [9.17, 15) is 55.5 Å². The van der Waals surface area contributed by atoms with Crippen molar-refractivity contribution in [3.05, 3.63) is 35.4 Å². The van der Waals surface area contributed by atoms with Crippen molar-refractivity contribution in [2.75, 3.05) is 13.2 Å². The fourth-order valence-electron chi connectivity index (χ4n) is 3.06. The predicted octanol–water partition coefficient (Wildman–Crippen LogP) is -1.26. The number of carbonyl (C=O) groups excluding carboxylic acids is 2. The number of ether oxygens (including phenoxy) is 3. The Morgan fingerprint density at radius 3 is 1.65 bits per heavy atom. The van der Waals surface area contributed by atoms with Crippen LogP contribution in [0.25, 0.3) is 0 Å². The molecule has 0 aliphatic carbocycles. The maximum atomic E-state index is 12.1. The first-order chi connectivity index (χ1) is 15.8. The normalized spacial score (nSPS) is 24.0. The zero-order valence-corrected chi connectivity index (χ0v) is 17.0. The Kier molecular flexibility index (Phi) is 6.60. The number of benzene rings is 2. The minimum atomic E-state index is -2.57. The van der Waals surface area contributed by atoms with Gasteiger partial charge >= 0.3 is 11.9 Å². The zero-order valence-electron chi connectivity index (χ0n) is 17.0. The highest BCUT2D eigenvalue weighted by Gasteiger charge is 2.56. The highest BCUT2D eigenvalue weighted by atomic mass is 16.7. The molecule has 0 bridgehead atoms. The topological polar surface area (TPSA) is 244 Å². The van der Waals surface area contributed by atoms with E-state index >= 15 is 0 Å². The molecule has 34 heavy (non-hydrogen) atoms. The summed E-state index contributed by atoms with van der Waals surface area (Å²) in [6.45, 7) is -1.75. The quantitative estimate of drug-likeness (QED) is 0.172. The average molecular weight is 484 g/mol. The van der Waals surface area contributed by atoms with Crippen LogP contribution in [-0.2, 0) is 14.2 Å². The number of phenols is 6. The van der Waals surface area contributed by atoms with E-state index < -0.39 is 89.3 Å². The van der Waals surface area contributed by atoms with Gasteiger partial charge in [-0.05, 0) is 24.3 Å². The van der Waals surface area contributed by atoms with Crippen molar-refractivity contribution >= 4 is 11.9 Å². The third-order valence-electron chi connectivity index (χ3n) is 5.02. The van der Waals surface area contributed by atoms with Gasteiger partial charge in [-0.3, -0.25) is 0 Å². The number of phenolic OH excluding ortho intramolecular Hbond substituents is 6. The lowest BCUT2D eigenvalue weighted by Crippen LogP contribution is -2.52. The lowest BCUT2D eigenvalue weighted by molar-refractivity contribution is -0.191. The van der Waals surface area contributed by atoms with E-state index in [1.165, 1.54) is 0 Å². The van der Waals surface area contributed by atoms with Crippen molar-refractivity contribution in [1.29, 1.82) is 0 Å². The molecule has 1 saturated heterocycles. The van der Waals surface area contributed by atoms with Gasteiger partial charge in [-0.2, -0.15) is 0 Å². The molecule has 0 amide bonds. The second kappa shape index (κ2) is 9.11. The second-order valence-corrected chi connectivity index (χ2v) is 7.36. The van der Waals surface area contributed by atoms with Crippen LogP contribution in [0.4, 0.5) is 0 Å². The van der Waals surface area contributed by atoms with Gasteiger partial charge < -0.3 is 60.2 Å². The summed E-state index contributed by atoms with van der Waals surface area (Å²) in [4.78, 5) is 24.2. The lowest BCUT2D eigenvalue weighted by atomic mass is 9.96. The maximum Gasteiger partial charge on any atom is 0.338 e. The number of hydrogen-bond acceptors (Lipinski definition) is 14. The van der Waals surface area contributed by atoms with E-state index in [1.54, 1.807) is 0 Å². The van der Waals surface area contributed by atoms with Crippen LogP contribution in [0.5, 0.6) is 34.5 Å². The Morgan fingerprint density at radius 2 is 1.21 bits per heavy atom. The van der Waals surface area contributed by atoms with Gasteiger partial charge in [0.1, 0.15) is 25.4 Å². The predicted molar refractivity (Wildman–Crippen MR) is 105 cm³/mol. The highest BCUT2D eigenvalue weighted by molar-refractivity contribution is 5.91. The molecule has 1 unspecified atom stereocenters. The summed E-state index contributed by atoms with van der Waals surface area (Å²) in [5, 5.41) is 87.4. The largest absolute Gasteiger partial charge is 0.504 e. The minimum Gasteiger partial charge on any atom is -0.504 e. The van der Waals surface area contributed by atoms with Gasteiger partial charge in [-0.25, -0.2) is 9.59 Å². The Balaban J connectivity index is 1.63. The number of aromatic hydroxyl groups is 6. The molecule has 0 aromatic heterocycles. The fourth-order valence-corrected chi connectivity index (χ4v) is 3.06. The summed E-state index contributed by atoms with van der Waals surface area (Å²) in [6, 6.07) is 3.13. The molecule has 0 spiro atoms. The summed E-state index contributed by atoms with van der Waals surface area (Å²) in [5.41, 5.74) is -3.36. The van der Waals surface area contributed by atoms with Crippen LogP contribution in [0.3, 0.4) is 0 Å². The van der Waals surface area contributed by atoms with Crippen molar-refractivity contribution in [3.63, 3.8) is 0 Å². The Morgan fingerprint density at radius 1 is 0.794 bits per heavy atom. The molecule has 1 aliphatic heterocycles. The SMILES string of the molecule is O=C(OC[C@@H]1OC(O)[C@](O)(COC(=O)c2cc(O)c(O)c(O)c2)[C@H]1O)c1cc(O)c(O)c(O)c1. The lowest BCUT2D eigenvalue weighted by Gasteiger charge is -2.27. The van der Waals surface area contributed by atoms with Gasteiger partial charge in [0.25, 0.3) is 0 Å². The number of esters is 2. The van der Waals surface area contributed by atoms with Gasteiger partial charge in [0, 0.05) is 0 Å². The second-order valence-electron chi connectivity index (χ2n) is 7.36. The molecule has 184 valence electrons. The molecule has 14 nitrogen and oxygen atoms in total. The van der Waals surface area contributed by atoms with Crippen molar-refractivity contribution in [2.24, 2.45) is 0 Å². The summed E-state index contributed by atoms with van der Waals surface area (Å²) in [6.07, 6.45) is -5.53. The van der Waals surface area contributed by atoms with E-state index in [4.69, 9.17) is 14.2 Å².